The molecule has 0 saturated heterocycles. The van der Waals surface area contributed by atoms with Gasteiger partial charge in [-0.15, -0.1) is 0 Å². The van der Waals surface area contributed by atoms with Gasteiger partial charge in [-0.25, -0.2) is 4.79 Å². The second-order valence-corrected chi connectivity index (χ2v) is 4.23. The minimum Gasteiger partial charge on any atom is -0.497 e. The Kier molecular flexibility index (Phi) is 3.09. The largest absolute Gasteiger partial charge is 0.497 e. The van der Waals surface area contributed by atoms with Crippen LogP contribution in [0.15, 0.2) is 63.9 Å². The average molecular weight is 269 g/mol. The van der Waals surface area contributed by atoms with Crippen LogP contribution in [-0.4, -0.2) is 12.4 Å². The van der Waals surface area contributed by atoms with E-state index in [9.17, 15) is 4.79 Å². The summed E-state index contributed by atoms with van der Waals surface area (Å²) in [5, 5.41) is 2.62. The number of aromatic amines is 1. The van der Waals surface area contributed by atoms with E-state index >= 15 is 0 Å². The maximum absolute atomic E-state index is 11.9. The lowest BCUT2D eigenvalue weighted by molar-refractivity contribution is -0.660. The number of nitrogens with zero attached hydrogens (tertiary/aromatic N) is 1. The van der Waals surface area contributed by atoms with Crippen LogP contribution in [0.3, 0.4) is 0 Å². The van der Waals surface area contributed by atoms with Gasteiger partial charge < -0.3 is 4.74 Å². The SMILES string of the molecule is COc1ccc(-c2c(=O)o[nH][n+]2-c2ccccc2)cc1. The Bertz CT molecular complexity index is 758. The summed E-state index contributed by atoms with van der Waals surface area (Å²) < 4.78 is 11.6. The normalized spacial score (nSPS) is 10.4. The standard InChI is InChI=1S/C15H12N2O3/c1-19-13-9-7-11(8-10-13)14-15(18)20-16-17(14)12-5-3-2-4-6-12/h2-10H,1H3/p+1. The number of ether oxygens (including phenoxy) is 1. The fraction of sp³-hybridized carbons (Fsp3) is 0.0667. The topological polar surface area (TPSA) is 59.1 Å². The maximum Gasteiger partial charge on any atom is 0.435 e. The summed E-state index contributed by atoms with van der Waals surface area (Å²) >= 11 is 0. The van der Waals surface area contributed by atoms with E-state index in [2.05, 4.69) is 5.27 Å². The number of hydrogen-bond donors (Lipinski definition) is 1. The van der Waals surface area contributed by atoms with Gasteiger partial charge in [-0.2, -0.15) is 0 Å². The summed E-state index contributed by atoms with van der Waals surface area (Å²) in [6.45, 7) is 0. The van der Waals surface area contributed by atoms with Crippen LogP contribution in [0.2, 0.25) is 0 Å². The molecule has 5 heteroatoms. The molecule has 0 bridgehead atoms. The Balaban J connectivity index is 2.14. The van der Waals surface area contributed by atoms with Crippen molar-refractivity contribution in [2.24, 2.45) is 0 Å². The van der Waals surface area contributed by atoms with Gasteiger partial charge in [0, 0.05) is 12.1 Å². The Labute approximate surface area is 115 Å². The van der Waals surface area contributed by atoms with E-state index in [1.165, 1.54) is 0 Å². The molecule has 20 heavy (non-hydrogen) atoms. The number of para-hydroxylation sites is 1. The van der Waals surface area contributed by atoms with Gasteiger partial charge in [0.2, 0.25) is 5.69 Å². The van der Waals surface area contributed by atoms with Gasteiger partial charge in [-0.05, 0) is 34.2 Å². The summed E-state index contributed by atoms with van der Waals surface area (Å²) in [5.41, 5.74) is 1.60. The van der Waals surface area contributed by atoms with E-state index in [1.807, 2.05) is 42.5 Å². The molecular weight excluding hydrogens is 256 g/mol. The van der Waals surface area contributed by atoms with Crippen molar-refractivity contribution in [2.75, 3.05) is 7.11 Å². The highest BCUT2D eigenvalue weighted by atomic mass is 16.5. The number of methoxy groups -OCH3 is 1. The number of benzene rings is 2. The molecule has 0 spiro atoms. The van der Waals surface area contributed by atoms with Crippen LogP contribution in [0.1, 0.15) is 0 Å². The lowest BCUT2D eigenvalue weighted by Gasteiger charge is -1.99. The summed E-state index contributed by atoms with van der Waals surface area (Å²) in [4.78, 5) is 11.9. The van der Waals surface area contributed by atoms with E-state index in [0.717, 1.165) is 17.0 Å². The summed E-state index contributed by atoms with van der Waals surface area (Å²) in [6, 6.07) is 16.7. The van der Waals surface area contributed by atoms with Gasteiger partial charge in [0.05, 0.1) is 12.7 Å². The van der Waals surface area contributed by atoms with Gasteiger partial charge in [0.25, 0.3) is 0 Å². The molecule has 0 unspecified atom stereocenters. The van der Waals surface area contributed by atoms with Gasteiger partial charge in [-0.1, -0.05) is 18.2 Å². The first-order valence-electron chi connectivity index (χ1n) is 6.13. The molecule has 5 nitrogen and oxygen atoms in total. The van der Waals surface area contributed by atoms with E-state index in [4.69, 9.17) is 9.26 Å². The van der Waals surface area contributed by atoms with Crippen molar-refractivity contribution >= 4 is 0 Å². The van der Waals surface area contributed by atoms with Crippen molar-refractivity contribution < 1.29 is 13.9 Å². The molecule has 1 N–H and O–H groups in total. The van der Waals surface area contributed by atoms with Crippen molar-refractivity contribution in [2.45, 2.75) is 0 Å². The van der Waals surface area contributed by atoms with Crippen molar-refractivity contribution in [3.05, 3.63) is 65.0 Å². The summed E-state index contributed by atoms with van der Waals surface area (Å²) in [7, 11) is 1.60. The third-order valence-electron chi connectivity index (χ3n) is 3.02. The third kappa shape index (κ3) is 2.09. The first-order valence-corrected chi connectivity index (χ1v) is 6.13. The molecule has 2 aromatic carbocycles. The number of H-pyrrole nitrogens is 1. The molecule has 0 amide bonds. The van der Waals surface area contributed by atoms with Gasteiger partial charge in [0.1, 0.15) is 5.75 Å². The van der Waals surface area contributed by atoms with Gasteiger partial charge in [-0.3, -0.25) is 4.52 Å². The van der Waals surface area contributed by atoms with Gasteiger partial charge in [0.15, 0.2) is 0 Å². The van der Waals surface area contributed by atoms with Crippen LogP contribution in [0, 0.1) is 0 Å². The summed E-state index contributed by atoms with van der Waals surface area (Å²) in [6.07, 6.45) is 0. The fourth-order valence-electron chi connectivity index (χ4n) is 2.03. The second kappa shape index (κ2) is 5.05. The molecule has 0 saturated carbocycles. The number of rotatable bonds is 3. The highest BCUT2D eigenvalue weighted by molar-refractivity contribution is 5.56. The highest BCUT2D eigenvalue weighted by Crippen LogP contribution is 2.18. The zero-order chi connectivity index (χ0) is 13.9. The number of hydrogen-bond acceptors (Lipinski definition) is 3. The van der Waals surface area contributed by atoms with E-state index < -0.39 is 5.63 Å². The van der Waals surface area contributed by atoms with Crippen molar-refractivity contribution in [3.8, 4) is 22.7 Å². The second-order valence-electron chi connectivity index (χ2n) is 4.23. The molecule has 0 radical (unpaired) electrons. The summed E-state index contributed by atoms with van der Waals surface area (Å²) in [5.74, 6) is 0.736. The highest BCUT2D eigenvalue weighted by Gasteiger charge is 2.24. The Morgan fingerprint density at radius 2 is 1.75 bits per heavy atom. The van der Waals surface area contributed by atoms with Crippen molar-refractivity contribution in [1.82, 2.24) is 5.27 Å². The monoisotopic (exact) mass is 269 g/mol. The molecule has 0 aliphatic heterocycles. The molecule has 1 aromatic heterocycles. The quantitative estimate of drug-likeness (QED) is 0.739. The average Bonchev–Trinajstić information content (AvgIpc) is 2.90. The van der Waals surface area contributed by atoms with Gasteiger partial charge >= 0.3 is 11.3 Å². The van der Waals surface area contributed by atoms with Crippen molar-refractivity contribution in [3.63, 3.8) is 0 Å². The number of aromatic nitrogens is 2. The van der Waals surface area contributed by atoms with Crippen molar-refractivity contribution in [1.29, 1.82) is 0 Å². The first kappa shape index (κ1) is 12.2. The Morgan fingerprint density at radius 3 is 2.40 bits per heavy atom. The lowest BCUT2D eigenvalue weighted by Crippen LogP contribution is -2.35. The molecule has 3 aromatic rings. The third-order valence-corrected chi connectivity index (χ3v) is 3.02. The number of nitrogens with one attached hydrogen (secondary N) is 1. The molecule has 0 aliphatic carbocycles. The molecular formula is C15H13N2O3+. The molecule has 100 valence electrons. The zero-order valence-electron chi connectivity index (χ0n) is 10.9. The minimum atomic E-state index is -0.418. The Hall–Kier alpha value is -2.82. The molecule has 1 heterocycles. The van der Waals surface area contributed by atoms with E-state index in [0.29, 0.717) is 5.69 Å². The molecule has 0 aliphatic rings. The van der Waals surface area contributed by atoms with Crippen LogP contribution in [0.25, 0.3) is 16.9 Å². The fourth-order valence-corrected chi connectivity index (χ4v) is 2.03. The van der Waals surface area contributed by atoms with Crippen LogP contribution in [0.5, 0.6) is 5.75 Å². The van der Waals surface area contributed by atoms with Crippen LogP contribution >= 0.6 is 0 Å². The minimum absolute atomic E-state index is 0.418. The predicted octanol–water partition coefficient (Wildman–Crippen LogP) is 1.92. The van der Waals surface area contributed by atoms with Crippen LogP contribution in [-0.2, 0) is 0 Å². The van der Waals surface area contributed by atoms with Crippen LogP contribution in [0.4, 0.5) is 0 Å². The smallest absolute Gasteiger partial charge is 0.435 e. The van der Waals surface area contributed by atoms with Crippen LogP contribution < -0.4 is 15.0 Å². The zero-order valence-corrected chi connectivity index (χ0v) is 10.9. The molecule has 0 fully saturated rings. The Morgan fingerprint density at radius 1 is 1.05 bits per heavy atom. The van der Waals surface area contributed by atoms with E-state index in [1.54, 1.807) is 23.9 Å². The molecule has 0 atom stereocenters. The first-order chi connectivity index (χ1) is 9.79. The lowest BCUT2D eigenvalue weighted by atomic mass is 10.1. The predicted molar refractivity (Wildman–Crippen MR) is 72.8 cm³/mol. The van der Waals surface area contributed by atoms with E-state index in [-0.39, 0.29) is 0 Å². The maximum atomic E-state index is 11.9. The molecule has 3 rings (SSSR count).